The minimum Gasteiger partial charge on any atom is -0.492 e. The summed E-state index contributed by atoms with van der Waals surface area (Å²) in [6.07, 6.45) is 5.48. The van der Waals surface area contributed by atoms with E-state index < -0.39 is 0 Å². The van der Waals surface area contributed by atoms with Crippen LogP contribution in [-0.2, 0) is 0 Å². The molecule has 0 unspecified atom stereocenters. The van der Waals surface area contributed by atoms with Crippen molar-refractivity contribution in [2.45, 2.75) is 13.8 Å². The highest BCUT2D eigenvalue weighted by Crippen LogP contribution is 2.15. The minimum atomic E-state index is 0. The molecule has 0 N–H and O–H groups in total. The van der Waals surface area contributed by atoms with Gasteiger partial charge in [0.15, 0.2) is 0 Å². The Hall–Kier alpha value is -2.21. The van der Waals surface area contributed by atoms with E-state index in [-0.39, 0.29) is 24.8 Å². The molecule has 0 atom stereocenters. The Morgan fingerprint density at radius 3 is 1.90 bits per heavy atom. The van der Waals surface area contributed by atoms with Crippen LogP contribution in [0.2, 0.25) is 0 Å². The molecule has 0 bridgehead atoms. The summed E-state index contributed by atoms with van der Waals surface area (Å²) in [6.45, 7) is 8.30. The molecule has 0 fully saturated rings. The van der Waals surface area contributed by atoms with Crippen LogP contribution >= 0.6 is 24.8 Å². The summed E-state index contributed by atoms with van der Waals surface area (Å²) in [5, 5.41) is 0. The maximum absolute atomic E-state index is 5.88. The lowest BCUT2D eigenvalue weighted by Crippen LogP contribution is -2.32. The second-order valence-electron chi connectivity index (χ2n) is 6.41. The van der Waals surface area contributed by atoms with Crippen molar-refractivity contribution >= 4 is 24.8 Å². The zero-order valence-electron chi connectivity index (χ0n) is 16.9. The Morgan fingerprint density at radius 2 is 1.41 bits per heavy atom. The van der Waals surface area contributed by atoms with E-state index in [1.54, 1.807) is 12.5 Å². The van der Waals surface area contributed by atoms with Crippen molar-refractivity contribution < 1.29 is 9.47 Å². The van der Waals surface area contributed by atoms with E-state index in [9.17, 15) is 0 Å². The molecule has 0 aliphatic heterocycles. The predicted molar refractivity (Wildman–Crippen MR) is 122 cm³/mol. The fourth-order valence-corrected chi connectivity index (χ4v) is 2.77. The van der Waals surface area contributed by atoms with Gasteiger partial charge in [-0.15, -0.1) is 24.8 Å². The van der Waals surface area contributed by atoms with E-state index in [4.69, 9.17) is 9.47 Å². The van der Waals surface area contributed by atoms with Gasteiger partial charge in [-0.1, -0.05) is 24.6 Å². The second-order valence-corrected chi connectivity index (χ2v) is 6.41. The second kappa shape index (κ2) is 13.1. The summed E-state index contributed by atoms with van der Waals surface area (Å²) >= 11 is 0. The number of aryl methyl sites for hydroxylation is 1. The molecule has 0 saturated carbocycles. The van der Waals surface area contributed by atoms with Crippen LogP contribution in [0.3, 0.4) is 0 Å². The number of likely N-dealkylation sites (N-methyl/N-ethyl adjacent to an activating group) is 1. The average Bonchev–Trinajstić information content (AvgIpc) is 3.23. The Morgan fingerprint density at radius 1 is 0.862 bits per heavy atom. The first-order valence-corrected chi connectivity index (χ1v) is 9.37. The Labute approximate surface area is 185 Å². The summed E-state index contributed by atoms with van der Waals surface area (Å²) in [5.41, 5.74) is 2.32. The van der Waals surface area contributed by atoms with Gasteiger partial charge in [-0.2, -0.15) is 0 Å². The van der Waals surface area contributed by atoms with Crippen LogP contribution in [0.15, 0.2) is 67.3 Å². The fourth-order valence-electron chi connectivity index (χ4n) is 2.77. The first kappa shape index (κ1) is 24.8. The van der Waals surface area contributed by atoms with E-state index in [0.717, 1.165) is 36.8 Å². The maximum Gasteiger partial charge on any atom is 0.119 e. The third kappa shape index (κ3) is 7.97. The van der Waals surface area contributed by atoms with E-state index in [1.165, 1.54) is 5.56 Å². The molecule has 0 spiro atoms. The molecule has 1 aromatic heterocycles. The van der Waals surface area contributed by atoms with Crippen LogP contribution in [0.25, 0.3) is 5.69 Å². The SMILES string of the molecule is CCN(CCOc1ccc(C)cc1)CCOc1ccc(-n2ccnc2)cc1.Cl.Cl. The van der Waals surface area contributed by atoms with Gasteiger partial charge in [0.05, 0.1) is 6.33 Å². The van der Waals surface area contributed by atoms with Gasteiger partial charge in [0.25, 0.3) is 0 Å². The van der Waals surface area contributed by atoms with Crippen LogP contribution in [0.4, 0.5) is 0 Å². The zero-order chi connectivity index (χ0) is 18.9. The summed E-state index contributed by atoms with van der Waals surface area (Å²) in [5.74, 6) is 1.80. The summed E-state index contributed by atoms with van der Waals surface area (Å²) in [4.78, 5) is 6.39. The standard InChI is InChI=1S/C22H27N3O2.2ClH/c1-3-24(14-16-26-21-8-4-19(2)5-9-21)15-17-27-22-10-6-20(7-11-22)25-13-12-23-18-25;;/h4-13,18H,3,14-17H2,1-2H3;2*1H. The number of benzene rings is 2. The Kier molecular flexibility index (Phi) is 11.2. The number of hydrogen-bond acceptors (Lipinski definition) is 4. The topological polar surface area (TPSA) is 39.5 Å². The molecular weight excluding hydrogens is 409 g/mol. The lowest BCUT2D eigenvalue weighted by Gasteiger charge is -2.20. The number of ether oxygens (including phenoxy) is 2. The normalized spacial score (nSPS) is 10.2. The maximum atomic E-state index is 5.88. The minimum absolute atomic E-state index is 0. The van der Waals surface area contributed by atoms with Crippen molar-refractivity contribution in [2.75, 3.05) is 32.8 Å². The van der Waals surface area contributed by atoms with Crippen molar-refractivity contribution in [3.05, 3.63) is 72.8 Å². The van der Waals surface area contributed by atoms with Crippen molar-refractivity contribution in [3.63, 3.8) is 0 Å². The fraction of sp³-hybridized carbons (Fsp3) is 0.318. The highest BCUT2D eigenvalue weighted by atomic mass is 35.5. The van der Waals surface area contributed by atoms with Gasteiger partial charge in [0.1, 0.15) is 24.7 Å². The zero-order valence-corrected chi connectivity index (χ0v) is 18.5. The first-order chi connectivity index (χ1) is 13.2. The molecule has 0 aliphatic rings. The van der Waals surface area contributed by atoms with Gasteiger partial charge in [0.2, 0.25) is 0 Å². The predicted octanol–water partition coefficient (Wildman–Crippen LogP) is 4.80. The van der Waals surface area contributed by atoms with Crippen molar-refractivity contribution in [3.8, 4) is 17.2 Å². The van der Waals surface area contributed by atoms with Crippen LogP contribution in [0, 0.1) is 6.92 Å². The molecule has 3 aromatic rings. The average molecular weight is 438 g/mol. The van der Waals surface area contributed by atoms with Gasteiger partial charge in [0, 0.05) is 31.2 Å². The largest absolute Gasteiger partial charge is 0.492 e. The summed E-state index contributed by atoms with van der Waals surface area (Å²) in [6, 6.07) is 16.2. The number of nitrogens with zero attached hydrogens (tertiary/aromatic N) is 3. The van der Waals surface area contributed by atoms with E-state index in [0.29, 0.717) is 13.2 Å². The van der Waals surface area contributed by atoms with Gasteiger partial charge < -0.3 is 14.0 Å². The molecule has 2 aromatic carbocycles. The smallest absolute Gasteiger partial charge is 0.119 e. The number of aromatic nitrogens is 2. The molecule has 29 heavy (non-hydrogen) atoms. The van der Waals surface area contributed by atoms with Crippen LogP contribution < -0.4 is 9.47 Å². The molecule has 0 saturated heterocycles. The van der Waals surface area contributed by atoms with Gasteiger partial charge in [-0.05, 0) is 49.9 Å². The molecule has 7 heteroatoms. The number of rotatable bonds is 10. The van der Waals surface area contributed by atoms with Gasteiger partial charge in [-0.25, -0.2) is 4.98 Å². The van der Waals surface area contributed by atoms with Crippen molar-refractivity contribution in [2.24, 2.45) is 0 Å². The lowest BCUT2D eigenvalue weighted by molar-refractivity contribution is 0.182. The molecule has 158 valence electrons. The number of imidazole rings is 1. The van der Waals surface area contributed by atoms with Crippen LogP contribution in [0.1, 0.15) is 12.5 Å². The van der Waals surface area contributed by atoms with Gasteiger partial charge >= 0.3 is 0 Å². The van der Waals surface area contributed by atoms with Crippen LogP contribution in [0.5, 0.6) is 11.5 Å². The lowest BCUT2D eigenvalue weighted by atomic mass is 10.2. The monoisotopic (exact) mass is 437 g/mol. The van der Waals surface area contributed by atoms with E-state index in [1.807, 2.05) is 47.2 Å². The third-order valence-electron chi connectivity index (χ3n) is 4.46. The molecular formula is C22H29Cl2N3O2. The number of halogens is 2. The van der Waals surface area contributed by atoms with Crippen molar-refractivity contribution in [1.82, 2.24) is 14.5 Å². The number of hydrogen-bond donors (Lipinski definition) is 0. The highest BCUT2D eigenvalue weighted by molar-refractivity contribution is 5.85. The molecule has 0 aliphatic carbocycles. The summed E-state index contributed by atoms with van der Waals surface area (Å²) < 4.78 is 13.7. The molecule has 0 radical (unpaired) electrons. The van der Waals surface area contributed by atoms with E-state index in [2.05, 4.69) is 35.9 Å². The molecule has 0 amide bonds. The Bertz CT molecular complexity index is 794. The summed E-state index contributed by atoms with van der Waals surface area (Å²) in [7, 11) is 0. The first-order valence-electron chi connectivity index (χ1n) is 9.37. The van der Waals surface area contributed by atoms with E-state index >= 15 is 0 Å². The van der Waals surface area contributed by atoms with Crippen molar-refractivity contribution in [1.29, 1.82) is 0 Å². The Balaban J connectivity index is 0.00000210. The quantitative estimate of drug-likeness (QED) is 0.456. The third-order valence-corrected chi connectivity index (χ3v) is 4.46. The molecule has 5 nitrogen and oxygen atoms in total. The van der Waals surface area contributed by atoms with Gasteiger partial charge in [-0.3, -0.25) is 4.90 Å². The molecule has 1 heterocycles. The van der Waals surface area contributed by atoms with Crippen LogP contribution in [-0.4, -0.2) is 47.3 Å². The molecule has 3 rings (SSSR count). The highest BCUT2D eigenvalue weighted by Gasteiger charge is 2.04.